The van der Waals surface area contributed by atoms with Crippen molar-refractivity contribution in [3.05, 3.63) is 164 Å². The van der Waals surface area contributed by atoms with Gasteiger partial charge in [-0.2, -0.15) is 0 Å². The second-order valence-corrected chi connectivity index (χ2v) is 10.6. The van der Waals surface area contributed by atoms with Crippen LogP contribution in [0.2, 0.25) is 0 Å². The molecule has 0 heterocycles. The maximum atomic E-state index is 2.36. The van der Waals surface area contributed by atoms with Crippen molar-refractivity contribution in [1.82, 2.24) is 0 Å². The highest BCUT2D eigenvalue weighted by Gasteiger charge is 2.25. The fraction of sp³-hybridized carbons (Fsp3) is 0. The summed E-state index contributed by atoms with van der Waals surface area (Å²) in [6.07, 6.45) is 0. The Bertz CT molecular complexity index is 1920. The van der Waals surface area contributed by atoms with Gasteiger partial charge in [0.15, 0.2) is 0 Å². The molecule has 7 aromatic rings. The second-order valence-electron chi connectivity index (χ2n) is 10.6. The minimum atomic E-state index is 1.13. The normalized spacial score (nSPS) is 11.4. The topological polar surface area (TPSA) is 3.24 Å². The van der Waals surface area contributed by atoms with E-state index < -0.39 is 0 Å². The van der Waals surface area contributed by atoms with Crippen molar-refractivity contribution in [3.63, 3.8) is 0 Å². The van der Waals surface area contributed by atoms with Crippen molar-refractivity contribution in [2.24, 2.45) is 0 Å². The lowest BCUT2D eigenvalue weighted by molar-refractivity contribution is 1.28. The molecule has 0 radical (unpaired) electrons. The van der Waals surface area contributed by atoms with Gasteiger partial charge in [-0.05, 0) is 104 Å². The van der Waals surface area contributed by atoms with Crippen LogP contribution in [-0.2, 0) is 0 Å². The minimum Gasteiger partial charge on any atom is -0.310 e. The lowest BCUT2D eigenvalue weighted by Gasteiger charge is -2.30. The molecular formula is C40H27N. The van der Waals surface area contributed by atoms with Crippen molar-refractivity contribution >= 4 is 27.8 Å². The standard InChI is InChI=1S/C40H27N/c1-3-9-28(10-4-1)30-15-19-34(20-16-30)41(35-21-17-31(18-22-35)29-11-5-2-6-12-29)36-23-24-37-38-25-32-13-7-8-14-33(32)26-39(38)40(37)27-36/h1-27H. The predicted octanol–water partition coefficient (Wildman–Crippen LogP) is 11.3. The van der Waals surface area contributed by atoms with Crippen LogP contribution in [0.1, 0.15) is 0 Å². The zero-order valence-corrected chi connectivity index (χ0v) is 22.5. The average Bonchev–Trinajstić information content (AvgIpc) is 3.05. The van der Waals surface area contributed by atoms with E-state index in [4.69, 9.17) is 0 Å². The van der Waals surface area contributed by atoms with Crippen LogP contribution in [0, 0.1) is 0 Å². The van der Waals surface area contributed by atoms with E-state index in [0.29, 0.717) is 0 Å². The number of anilines is 3. The average molecular weight is 522 g/mol. The molecule has 0 aliphatic heterocycles. The van der Waals surface area contributed by atoms with Gasteiger partial charge in [-0.25, -0.2) is 0 Å². The largest absolute Gasteiger partial charge is 0.310 e. The van der Waals surface area contributed by atoms with E-state index in [9.17, 15) is 0 Å². The molecule has 0 saturated heterocycles. The van der Waals surface area contributed by atoms with Crippen molar-refractivity contribution in [1.29, 1.82) is 0 Å². The van der Waals surface area contributed by atoms with Gasteiger partial charge in [0.2, 0.25) is 0 Å². The van der Waals surface area contributed by atoms with Crippen LogP contribution in [0.5, 0.6) is 0 Å². The summed E-state index contributed by atoms with van der Waals surface area (Å²) in [5, 5.41) is 2.58. The highest BCUT2D eigenvalue weighted by Crippen LogP contribution is 2.51. The summed E-state index contributed by atoms with van der Waals surface area (Å²) < 4.78 is 0. The maximum absolute atomic E-state index is 2.36. The molecule has 0 bridgehead atoms. The van der Waals surface area contributed by atoms with Gasteiger partial charge in [-0.1, -0.05) is 115 Å². The predicted molar refractivity (Wildman–Crippen MR) is 174 cm³/mol. The maximum Gasteiger partial charge on any atom is 0.0468 e. The summed E-state index contributed by atoms with van der Waals surface area (Å²) in [6.45, 7) is 0. The number of fused-ring (bicyclic) bond motifs is 5. The molecule has 0 aromatic heterocycles. The third-order valence-electron chi connectivity index (χ3n) is 8.19. The van der Waals surface area contributed by atoms with E-state index in [1.165, 1.54) is 55.3 Å². The molecule has 8 rings (SSSR count). The first-order valence-electron chi connectivity index (χ1n) is 14.1. The Kier molecular flexibility index (Phi) is 5.53. The monoisotopic (exact) mass is 521 g/mol. The van der Waals surface area contributed by atoms with Gasteiger partial charge in [0.05, 0.1) is 0 Å². The molecular weight excluding hydrogens is 494 g/mol. The number of rotatable bonds is 5. The van der Waals surface area contributed by atoms with Gasteiger partial charge >= 0.3 is 0 Å². The molecule has 0 atom stereocenters. The Balaban J connectivity index is 1.22. The Morgan fingerprint density at radius 3 is 1.17 bits per heavy atom. The highest BCUT2D eigenvalue weighted by molar-refractivity contribution is 6.09. The summed E-state index contributed by atoms with van der Waals surface area (Å²) >= 11 is 0. The van der Waals surface area contributed by atoms with Gasteiger partial charge in [0.1, 0.15) is 0 Å². The Morgan fingerprint density at radius 1 is 0.268 bits per heavy atom. The fourth-order valence-corrected chi connectivity index (χ4v) is 6.07. The molecule has 1 aliphatic carbocycles. The molecule has 0 saturated carbocycles. The fourth-order valence-electron chi connectivity index (χ4n) is 6.07. The van der Waals surface area contributed by atoms with E-state index in [2.05, 4.69) is 169 Å². The molecule has 1 aliphatic rings. The summed E-state index contributed by atoms with van der Waals surface area (Å²) in [5.74, 6) is 0. The van der Waals surface area contributed by atoms with Crippen molar-refractivity contribution < 1.29 is 0 Å². The third-order valence-corrected chi connectivity index (χ3v) is 8.19. The van der Waals surface area contributed by atoms with Crippen LogP contribution < -0.4 is 4.90 Å². The molecule has 0 unspecified atom stereocenters. The van der Waals surface area contributed by atoms with E-state index in [0.717, 1.165) is 17.1 Å². The quantitative estimate of drug-likeness (QED) is 0.218. The van der Waals surface area contributed by atoms with Gasteiger partial charge in [-0.15, -0.1) is 0 Å². The molecule has 1 heteroatoms. The minimum absolute atomic E-state index is 1.13. The van der Waals surface area contributed by atoms with E-state index >= 15 is 0 Å². The van der Waals surface area contributed by atoms with Crippen LogP contribution in [0.3, 0.4) is 0 Å². The molecule has 192 valence electrons. The van der Waals surface area contributed by atoms with E-state index in [1.54, 1.807) is 0 Å². The smallest absolute Gasteiger partial charge is 0.0468 e. The second kappa shape index (κ2) is 9.66. The van der Waals surface area contributed by atoms with Crippen molar-refractivity contribution in [3.8, 4) is 44.5 Å². The number of hydrogen-bond acceptors (Lipinski definition) is 1. The van der Waals surface area contributed by atoms with Crippen LogP contribution in [0.4, 0.5) is 17.1 Å². The van der Waals surface area contributed by atoms with E-state index in [1.807, 2.05) is 0 Å². The number of hydrogen-bond donors (Lipinski definition) is 0. The van der Waals surface area contributed by atoms with Gasteiger partial charge in [-0.3, -0.25) is 0 Å². The van der Waals surface area contributed by atoms with Crippen LogP contribution >= 0.6 is 0 Å². The van der Waals surface area contributed by atoms with Gasteiger partial charge in [0, 0.05) is 17.1 Å². The number of benzene rings is 7. The summed E-state index contributed by atoms with van der Waals surface area (Å²) in [5.41, 5.74) is 13.6. The molecule has 0 spiro atoms. The molecule has 0 fully saturated rings. The molecule has 0 amide bonds. The first kappa shape index (κ1) is 23.5. The lowest BCUT2D eigenvalue weighted by atomic mass is 9.79. The molecule has 7 aromatic carbocycles. The number of nitrogens with zero attached hydrogens (tertiary/aromatic N) is 1. The lowest BCUT2D eigenvalue weighted by Crippen LogP contribution is -2.11. The third kappa shape index (κ3) is 4.11. The summed E-state index contributed by atoms with van der Waals surface area (Å²) in [7, 11) is 0. The highest BCUT2D eigenvalue weighted by atomic mass is 15.1. The van der Waals surface area contributed by atoms with Crippen LogP contribution in [-0.4, -0.2) is 0 Å². The summed E-state index contributed by atoms with van der Waals surface area (Å²) in [6, 6.07) is 59.1. The molecule has 1 nitrogen and oxygen atoms in total. The summed E-state index contributed by atoms with van der Waals surface area (Å²) in [4.78, 5) is 2.36. The zero-order valence-electron chi connectivity index (χ0n) is 22.5. The van der Waals surface area contributed by atoms with Crippen molar-refractivity contribution in [2.45, 2.75) is 0 Å². The van der Waals surface area contributed by atoms with Crippen LogP contribution in [0.15, 0.2) is 164 Å². The Morgan fingerprint density at radius 2 is 0.659 bits per heavy atom. The Labute approximate surface area is 240 Å². The van der Waals surface area contributed by atoms with Crippen molar-refractivity contribution in [2.75, 3.05) is 4.90 Å². The Hall–Kier alpha value is -5.40. The first-order chi connectivity index (χ1) is 20.3. The van der Waals surface area contributed by atoms with Gasteiger partial charge < -0.3 is 4.90 Å². The van der Waals surface area contributed by atoms with Crippen LogP contribution in [0.25, 0.3) is 55.3 Å². The first-order valence-corrected chi connectivity index (χ1v) is 14.1. The SMILES string of the molecule is c1ccc(-c2ccc(N(c3ccc(-c4ccccc4)cc3)c3ccc4c(c3)-c3cc5ccccc5cc3-4)cc2)cc1. The molecule has 0 N–H and O–H groups in total. The van der Waals surface area contributed by atoms with E-state index in [-0.39, 0.29) is 0 Å². The van der Waals surface area contributed by atoms with Gasteiger partial charge in [0.25, 0.3) is 0 Å². The zero-order chi connectivity index (χ0) is 27.2. The molecule has 41 heavy (non-hydrogen) atoms.